The molecule has 1 aromatic rings. The molecule has 1 amide bonds. The highest BCUT2D eigenvalue weighted by molar-refractivity contribution is 6.06. The second kappa shape index (κ2) is 5.77. The highest BCUT2D eigenvalue weighted by Crippen LogP contribution is 2.46. The first-order valence-corrected chi connectivity index (χ1v) is 9.04. The van der Waals surface area contributed by atoms with E-state index in [4.69, 9.17) is 4.74 Å². The summed E-state index contributed by atoms with van der Waals surface area (Å²) in [5, 5.41) is 14.3. The van der Waals surface area contributed by atoms with Crippen molar-refractivity contribution in [2.75, 3.05) is 18.5 Å². The van der Waals surface area contributed by atoms with Gasteiger partial charge in [-0.2, -0.15) is 0 Å². The Morgan fingerprint density at radius 2 is 2.27 bits per heavy atom. The smallest absolute Gasteiger partial charge is 0.315 e. The molecule has 1 spiro atoms. The molecule has 26 heavy (non-hydrogen) atoms. The molecule has 3 heterocycles. The van der Waals surface area contributed by atoms with Gasteiger partial charge in [0.25, 0.3) is 11.6 Å². The Labute approximate surface area is 150 Å². The van der Waals surface area contributed by atoms with Crippen LogP contribution in [0.4, 0.5) is 11.4 Å². The predicted octanol–water partition coefficient (Wildman–Crippen LogP) is 0.681. The minimum atomic E-state index is -0.940. The van der Waals surface area contributed by atoms with Crippen LogP contribution >= 0.6 is 0 Å². The molecule has 3 aliphatic heterocycles. The van der Waals surface area contributed by atoms with Gasteiger partial charge in [0, 0.05) is 31.4 Å². The van der Waals surface area contributed by atoms with E-state index < -0.39 is 10.5 Å². The number of anilines is 1. The molecule has 0 saturated carbocycles. The second-order valence-corrected chi connectivity index (χ2v) is 7.39. The average molecular weight is 360 g/mol. The zero-order valence-electron chi connectivity index (χ0n) is 14.8. The molecule has 0 bridgehead atoms. The maximum Gasteiger partial charge on any atom is 0.315 e. The van der Waals surface area contributed by atoms with E-state index in [1.807, 2.05) is 0 Å². The number of rotatable bonds is 3. The van der Waals surface area contributed by atoms with E-state index >= 15 is 0 Å². The number of aryl methyl sites for hydroxylation is 1. The molecule has 3 aliphatic rings. The van der Waals surface area contributed by atoms with Crippen LogP contribution in [0.5, 0.6) is 0 Å². The first-order chi connectivity index (χ1) is 12.4. The van der Waals surface area contributed by atoms with Gasteiger partial charge in [-0.1, -0.05) is 0 Å². The molecule has 0 aliphatic carbocycles. The fourth-order valence-corrected chi connectivity index (χ4v) is 5.19. The monoisotopic (exact) mass is 360 g/mol. The van der Waals surface area contributed by atoms with Gasteiger partial charge in [-0.3, -0.25) is 19.7 Å². The van der Waals surface area contributed by atoms with E-state index in [0.29, 0.717) is 29.8 Å². The van der Waals surface area contributed by atoms with Crippen LogP contribution in [0.15, 0.2) is 12.1 Å². The molecular weight excluding hydrogens is 338 g/mol. The summed E-state index contributed by atoms with van der Waals surface area (Å²) in [4.78, 5) is 37.6. The van der Waals surface area contributed by atoms with Crippen molar-refractivity contribution >= 4 is 23.3 Å². The van der Waals surface area contributed by atoms with Crippen LogP contribution in [-0.2, 0) is 19.9 Å². The van der Waals surface area contributed by atoms with Crippen LogP contribution < -0.4 is 10.2 Å². The number of amides is 1. The van der Waals surface area contributed by atoms with Gasteiger partial charge in [-0.05, 0) is 19.4 Å². The molecule has 4 atom stereocenters. The van der Waals surface area contributed by atoms with Crippen LogP contribution in [0.2, 0.25) is 0 Å². The molecule has 8 heteroatoms. The van der Waals surface area contributed by atoms with Crippen molar-refractivity contribution in [2.24, 2.45) is 5.92 Å². The number of quaternary nitrogens is 1. The molecule has 2 N–H and O–H groups in total. The van der Waals surface area contributed by atoms with E-state index in [9.17, 15) is 19.7 Å². The van der Waals surface area contributed by atoms with Gasteiger partial charge in [-0.15, -0.1) is 0 Å². The van der Waals surface area contributed by atoms with Gasteiger partial charge >= 0.3 is 5.97 Å². The molecular formula is C18H22N3O5+. The number of nitrogens with zero attached hydrogens (tertiary/aromatic N) is 1. The predicted molar refractivity (Wildman–Crippen MR) is 91.7 cm³/mol. The maximum absolute atomic E-state index is 13.1. The molecule has 1 unspecified atom stereocenters. The summed E-state index contributed by atoms with van der Waals surface area (Å²) < 4.78 is 5.25. The fraction of sp³-hybridized carbons (Fsp3) is 0.556. The maximum atomic E-state index is 13.1. The summed E-state index contributed by atoms with van der Waals surface area (Å²) in [6.45, 7) is 4.61. The number of nitrogens with one attached hydrogen (secondary N) is 2. The van der Waals surface area contributed by atoms with Crippen LogP contribution in [0.3, 0.4) is 0 Å². The number of carbonyl (C=O) groups is 2. The van der Waals surface area contributed by atoms with Crippen LogP contribution in [0, 0.1) is 23.0 Å². The summed E-state index contributed by atoms with van der Waals surface area (Å²) in [6, 6.07) is 3.01. The Morgan fingerprint density at radius 1 is 1.50 bits per heavy atom. The normalized spacial score (nSPS) is 31.6. The number of ether oxygens (including phenoxy) is 1. The summed E-state index contributed by atoms with van der Waals surface area (Å²) >= 11 is 0. The first kappa shape index (κ1) is 17.0. The number of nitro groups is 1. The Kier molecular flexibility index (Phi) is 3.76. The lowest BCUT2D eigenvalue weighted by atomic mass is 9.83. The largest absolute Gasteiger partial charge is 0.466 e. The average Bonchev–Trinajstić information content (AvgIpc) is 3.24. The molecule has 1 aromatic carbocycles. The van der Waals surface area contributed by atoms with E-state index in [1.54, 1.807) is 13.8 Å². The Hall–Kier alpha value is -2.48. The van der Waals surface area contributed by atoms with Crippen molar-refractivity contribution in [3.63, 3.8) is 0 Å². The standard InChI is InChI=1S/C18H21N3O5/c1-3-26-16(22)12-9-18(20-6-4-5-14(12)20)13-8-11(21(24)25)7-10(2)15(13)19-17(18)23/h7-8,12,14H,3-6,9H2,1-2H3,(H,19,23)/p+1/t12-,14-,18+/m0/s1. The van der Waals surface area contributed by atoms with Crippen molar-refractivity contribution in [1.29, 1.82) is 0 Å². The molecule has 2 fully saturated rings. The topological polar surface area (TPSA) is 103 Å². The number of hydrogen-bond donors (Lipinski definition) is 2. The van der Waals surface area contributed by atoms with Gasteiger partial charge in [0.15, 0.2) is 0 Å². The number of hydrogen-bond acceptors (Lipinski definition) is 5. The fourth-order valence-electron chi connectivity index (χ4n) is 5.19. The lowest BCUT2D eigenvalue weighted by Gasteiger charge is -2.29. The van der Waals surface area contributed by atoms with Gasteiger partial charge in [0.2, 0.25) is 5.54 Å². The molecule has 2 saturated heterocycles. The number of fused-ring (bicyclic) bond motifs is 4. The Balaban J connectivity index is 1.86. The van der Waals surface area contributed by atoms with Gasteiger partial charge in [-0.25, -0.2) is 0 Å². The Morgan fingerprint density at radius 3 is 2.96 bits per heavy atom. The minimum absolute atomic E-state index is 0.0188. The highest BCUT2D eigenvalue weighted by atomic mass is 16.6. The number of nitro benzene ring substituents is 1. The lowest BCUT2D eigenvalue weighted by Crippen LogP contribution is -3.19. The van der Waals surface area contributed by atoms with Crippen LogP contribution in [0.1, 0.15) is 37.3 Å². The van der Waals surface area contributed by atoms with E-state index in [0.717, 1.165) is 24.3 Å². The second-order valence-electron chi connectivity index (χ2n) is 7.39. The van der Waals surface area contributed by atoms with Gasteiger partial charge in [0.05, 0.1) is 29.3 Å². The molecule has 0 radical (unpaired) electrons. The van der Waals surface area contributed by atoms with Crippen LogP contribution in [-0.4, -0.2) is 36.0 Å². The van der Waals surface area contributed by atoms with E-state index in [-0.39, 0.29) is 29.5 Å². The summed E-state index contributed by atoms with van der Waals surface area (Å²) in [5.74, 6) is -0.786. The third-order valence-electron chi connectivity index (χ3n) is 6.18. The van der Waals surface area contributed by atoms with Crippen molar-refractivity contribution in [2.45, 2.75) is 44.7 Å². The van der Waals surface area contributed by atoms with Crippen molar-refractivity contribution in [3.8, 4) is 0 Å². The number of esters is 1. The SMILES string of the molecule is CCOC(=O)[C@H]1C[C@@]2(C(=O)Nc3c(C)cc([N+](=O)[O-])cc32)[NH+]2CCC[C@@H]12. The van der Waals surface area contributed by atoms with Crippen molar-refractivity contribution in [1.82, 2.24) is 0 Å². The molecule has 4 rings (SSSR count). The number of non-ortho nitro benzene ring substituents is 1. The summed E-state index contributed by atoms with van der Waals surface area (Å²) in [6.07, 6.45) is 2.12. The van der Waals surface area contributed by atoms with Crippen LogP contribution in [0.25, 0.3) is 0 Å². The quantitative estimate of drug-likeness (QED) is 0.469. The third-order valence-corrected chi connectivity index (χ3v) is 6.18. The molecule has 8 nitrogen and oxygen atoms in total. The van der Waals surface area contributed by atoms with Gasteiger partial charge < -0.3 is 15.0 Å². The lowest BCUT2D eigenvalue weighted by molar-refractivity contribution is -0.947. The number of carbonyl (C=O) groups excluding carboxylic acids is 2. The summed E-state index contributed by atoms with van der Waals surface area (Å²) in [5.41, 5.74) is 1.03. The molecule has 0 aromatic heterocycles. The molecule has 138 valence electrons. The first-order valence-electron chi connectivity index (χ1n) is 9.04. The zero-order chi connectivity index (χ0) is 18.6. The number of benzene rings is 1. The third kappa shape index (κ3) is 2.11. The summed E-state index contributed by atoms with van der Waals surface area (Å²) in [7, 11) is 0. The highest BCUT2D eigenvalue weighted by Gasteiger charge is 2.67. The van der Waals surface area contributed by atoms with E-state index in [1.165, 1.54) is 12.1 Å². The minimum Gasteiger partial charge on any atom is -0.466 e. The Bertz CT molecular complexity index is 823. The van der Waals surface area contributed by atoms with E-state index in [2.05, 4.69) is 5.32 Å². The van der Waals surface area contributed by atoms with Crippen molar-refractivity contribution < 1.29 is 24.1 Å². The van der Waals surface area contributed by atoms with Gasteiger partial charge in [0.1, 0.15) is 12.0 Å². The van der Waals surface area contributed by atoms with Crippen molar-refractivity contribution in [3.05, 3.63) is 33.4 Å². The zero-order valence-corrected chi connectivity index (χ0v) is 14.8.